The van der Waals surface area contributed by atoms with E-state index in [0.717, 1.165) is 22.4 Å². The van der Waals surface area contributed by atoms with Gasteiger partial charge in [-0.25, -0.2) is 0 Å². The summed E-state index contributed by atoms with van der Waals surface area (Å²) in [7, 11) is 7.92. The Morgan fingerprint density at radius 3 is 1.68 bits per heavy atom. The smallest absolute Gasteiger partial charge is 0.271 e. The molecule has 0 bridgehead atoms. The zero-order valence-electron chi connectivity index (χ0n) is 16.7. The van der Waals surface area contributed by atoms with E-state index in [2.05, 4.69) is 29.2 Å². The lowest BCUT2D eigenvalue weighted by Gasteiger charge is -2.43. The van der Waals surface area contributed by atoms with Gasteiger partial charge in [-0.2, -0.15) is 0 Å². The Hall–Kier alpha value is -3.18. The molecule has 3 aromatic rings. The highest BCUT2D eigenvalue weighted by Gasteiger charge is 2.41. The van der Waals surface area contributed by atoms with Crippen LogP contribution in [0, 0.1) is 10.1 Å². The Morgan fingerprint density at radius 2 is 1.29 bits per heavy atom. The van der Waals surface area contributed by atoms with Crippen LogP contribution in [0.4, 0.5) is 11.4 Å². The normalized spacial score (nSPS) is 11.5. The van der Waals surface area contributed by atoms with Crippen molar-refractivity contribution < 1.29 is 4.92 Å². The first-order valence-electron chi connectivity index (χ1n) is 9.13. The van der Waals surface area contributed by atoms with Crippen molar-refractivity contribution in [3.05, 3.63) is 106 Å². The zero-order chi connectivity index (χ0) is 20.3. The van der Waals surface area contributed by atoms with E-state index >= 15 is 0 Å². The molecular weight excluding hydrogens is 350 g/mol. The minimum Gasteiger partial charge on any atom is -0.377 e. The number of nitro benzene ring substituents is 1. The molecule has 0 radical (unpaired) electrons. The van der Waals surface area contributed by atoms with Crippen LogP contribution in [0.5, 0.6) is 0 Å². The lowest BCUT2D eigenvalue weighted by Crippen LogP contribution is -2.44. The molecule has 28 heavy (non-hydrogen) atoms. The largest absolute Gasteiger partial charge is 0.377 e. The molecule has 0 atom stereocenters. The zero-order valence-corrected chi connectivity index (χ0v) is 16.7. The average molecular weight is 375 g/mol. The first kappa shape index (κ1) is 19.6. The summed E-state index contributed by atoms with van der Waals surface area (Å²) in [5.41, 5.74) is 3.49. The van der Waals surface area contributed by atoms with Gasteiger partial charge in [0.25, 0.3) is 5.69 Å². The van der Waals surface area contributed by atoms with Crippen LogP contribution in [-0.4, -0.2) is 38.0 Å². The number of nitro groups is 1. The predicted molar refractivity (Wildman–Crippen MR) is 114 cm³/mol. The van der Waals surface area contributed by atoms with Gasteiger partial charge in [0, 0.05) is 37.5 Å². The maximum Gasteiger partial charge on any atom is 0.271 e. The molecule has 0 unspecified atom stereocenters. The van der Waals surface area contributed by atoms with Crippen LogP contribution in [-0.2, 0) is 5.54 Å². The molecule has 0 saturated carbocycles. The molecule has 3 rings (SSSR count). The summed E-state index contributed by atoms with van der Waals surface area (Å²) in [5, 5.41) is 11.4. The Bertz CT molecular complexity index is 915. The van der Waals surface area contributed by atoms with E-state index in [4.69, 9.17) is 0 Å². The fraction of sp³-hybridized carbons (Fsp3) is 0.217. The maximum absolute atomic E-state index is 11.4. The van der Waals surface area contributed by atoms with Crippen LogP contribution in [0.2, 0.25) is 0 Å². The summed E-state index contributed by atoms with van der Waals surface area (Å²) < 4.78 is 0. The average Bonchev–Trinajstić information content (AvgIpc) is 2.70. The van der Waals surface area contributed by atoms with Crippen LogP contribution < -0.4 is 4.90 Å². The summed E-state index contributed by atoms with van der Waals surface area (Å²) in [4.78, 5) is 15.1. The van der Waals surface area contributed by atoms with E-state index < -0.39 is 5.54 Å². The minimum atomic E-state index is -0.600. The minimum absolute atomic E-state index is 0.0845. The fourth-order valence-corrected chi connectivity index (χ4v) is 3.90. The van der Waals surface area contributed by atoms with Crippen LogP contribution >= 0.6 is 0 Å². The molecule has 0 saturated heterocycles. The van der Waals surface area contributed by atoms with E-state index in [1.807, 2.05) is 75.6 Å². The van der Waals surface area contributed by atoms with E-state index in [0.29, 0.717) is 0 Å². The lowest BCUT2D eigenvalue weighted by atomic mass is 9.75. The molecule has 5 heteroatoms. The fourth-order valence-electron chi connectivity index (χ4n) is 3.90. The maximum atomic E-state index is 11.4. The predicted octanol–water partition coefficient (Wildman–Crippen LogP) is 4.51. The third kappa shape index (κ3) is 3.25. The Balaban J connectivity index is 2.43. The summed E-state index contributed by atoms with van der Waals surface area (Å²) in [6.07, 6.45) is 0. The van der Waals surface area contributed by atoms with Crippen molar-refractivity contribution in [3.63, 3.8) is 0 Å². The second-order valence-corrected chi connectivity index (χ2v) is 7.19. The van der Waals surface area contributed by atoms with Crippen molar-refractivity contribution in [1.29, 1.82) is 0 Å². The van der Waals surface area contributed by atoms with Gasteiger partial charge in [-0.3, -0.25) is 15.0 Å². The lowest BCUT2D eigenvalue weighted by molar-refractivity contribution is -0.384. The molecule has 0 spiro atoms. The van der Waals surface area contributed by atoms with Crippen molar-refractivity contribution >= 4 is 11.4 Å². The second kappa shape index (κ2) is 7.82. The molecule has 3 aromatic carbocycles. The topological polar surface area (TPSA) is 49.6 Å². The number of benzene rings is 3. The first-order valence-corrected chi connectivity index (χ1v) is 9.13. The van der Waals surface area contributed by atoms with E-state index in [-0.39, 0.29) is 10.6 Å². The molecule has 0 aromatic heterocycles. The van der Waals surface area contributed by atoms with E-state index in [1.165, 1.54) is 0 Å². The molecule has 5 nitrogen and oxygen atoms in total. The van der Waals surface area contributed by atoms with Gasteiger partial charge in [0.1, 0.15) is 0 Å². The van der Waals surface area contributed by atoms with Gasteiger partial charge >= 0.3 is 0 Å². The van der Waals surface area contributed by atoms with Crippen molar-refractivity contribution in [2.45, 2.75) is 5.54 Å². The summed E-state index contributed by atoms with van der Waals surface area (Å²) in [5.74, 6) is 0. The molecule has 0 fully saturated rings. The summed E-state index contributed by atoms with van der Waals surface area (Å²) in [6.45, 7) is 0. The van der Waals surface area contributed by atoms with Crippen LogP contribution in [0.1, 0.15) is 16.7 Å². The SMILES string of the molecule is CN(C)c1cc([N+](=O)[O-])ccc1C(c1ccccc1)(c1ccccc1)N(C)C. The molecule has 0 N–H and O–H groups in total. The Kier molecular flexibility index (Phi) is 5.47. The second-order valence-electron chi connectivity index (χ2n) is 7.19. The molecule has 0 aliphatic carbocycles. The van der Waals surface area contributed by atoms with Crippen LogP contribution in [0.15, 0.2) is 78.9 Å². The molecule has 0 aliphatic heterocycles. The van der Waals surface area contributed by atoms with Crippen LogP contribution in [0.25, 0.3) is 0 Å². The Labute approximate surface area is 166 Å². The van der Waals surface area contributed by atoms with E-state index in [9.17, 15) is 10.1 Å². The standard InChI is InChI=1S/C23H25N3O2/c1-24(2)22-17-20(26(27)28)15-16-21(22)23(25(3)4,18-11-7-5-8-12-18)19-13-9-6-10-14-19/h5-17H,1-4H3. The highest BCUT2D eigenvalue weighted by atomic mass is 16.6. The molecule has 0 amide bonds. The number of nitrogens with zero attached hydrogens (tertiary/aromatic N) is 3. The van der Waals surface area contributed by atoms with Gasteiger partial charge < -0.3 is 4.90 Å². The van der Waals surface area contributed by atoms with Crippen LogP contribution in [0.3, 0.4) is 0 Å². The number of hydrogen-bond acceptors (Lipinski definition) is 4. The van der Waals surface area contributed by atoms with Crippen molar-refractivity contribution in [2.24, 2.45) is 0 Å². The van der Waals surface area contributed by atoms with E-state index in [1.54, 1.807) is 12.1 Å². The van der Waals surface area contributed by atoms with Gasteiger partial charge in [0.05, 0.1) is 10.5 Å². The summed E-state index contributed by atoms with van der Waals surface area (Å²) in [6, 6.07) is 25.6. The third-order valence-electron chi connectivity index (χ3n) is 5.12. The molecule has 144 valence electrons. The number of non-ortho nitro benzene ring substituents is 1. The number of anilines is 1. The number of hydrogen-bond donors (Lipinski definition) is 0. The Morgan fingerprint density at radius 1 is 0.786 bits per heavy atom. The third-order valence-corrected chi connectivity index (χ3v) is 5.12. The van der Waals surface area contributed by atoms with Gasteiger partial charge in [-0.1, -0.05) is 60.7 Å². The molecular formula is C23H25N3O2. The quantitative estimate of drug-likeness (QED) is 0.361. The molecule has 0 aliphatic rings. The highest BCUT2D eigenvalue weighted by molar-refractivity contribution is 5.66. The van der Waals surface area contributed by atoms with Gasteiger partial charge in [-0.05, 0) is 31.3 Å². The van der Waals surface area contributed by atoms with Gasteiger partial charge in [-0.15, -0.1) is 0 Å². The van der Waals surface area contributed by atoms with Gasteiger partial charge in [0.15, 0.2) is 0 Å². The highest BCUT2D eigenvalue weighted by Crippen LogP contribution is 2.45. The number of rotatable bonds is 6. The first-order chi connectivity index (χ1) is 13.4. The molecule has 0 heterocycles. The van der Waals surface area contributed by atoms with Crippen molar-refractivity contribution in [1.82, 2.24) is 4.90 Å². The van der Waals surface area contributed by atoms with Crippen molar-refractivity contribution in [2.75, 3.05) is 33.1 Å². The van der Waals surface area contributed by atoms with Gasteiger partial charge in [0.2, 0.25) is 0 Å². The van der Waals surface area contributed by atoms with Crippen molar-refractivity contribution in [3.8, 4) is 0 Å². The monoisotopic (exact) mass is 375 g/mol. The summed E-state index contributed by atoms with van der Waals surface area (Å²) >= 11 is 0.